The number of aromatic nitrogens is 2. The van der Waals surface area contributed by atoms with Gasteiger partial charge in [0.2, 0.25) is 5.91 Å². The molecule has 0 aliphatic carbocycles. The summed E-state index contributed by atoms with van der Waals surface area (Å²) in [6.45, 7) is 5.53. The second-order valence-electron chi connectivity index (χ2n) is 5.70. The van der Waals surface area contributed by atoms with Crippen LogP contribution in [-0.2, 0) is 11.3 Å². The molecule has 1 amide bonds. The van der Waals surface area contributed by atoms with E-state index in [0.29, 0.717) is 11.8 Å². The van der Waals surface area contributed by atoms with Crippen molar-refractivity contribution in [3.05, 3.63) is 23.8 Å². The van der Waals surface area contributed by atoms with E-state index in [1.165, 1.54) is 0 Å². The fraction of sp³-hybridized carbons (Fsp3) is 0.643. The van der Waals surface area contributed by atoms with E-state index in [0.717, 1.165) is 44.1 Å². The predicted molar refractivity (Wildman–Crippen MR) is 71.3 cm³/mol. The van der Waals surface area contributed by atoms with Gasteiger partial charge in [-0.2, -0.15) is 0 Å². The number of aryl methyl sites for hydroxylation is 1. The molecule has 2 aliphatic rings. The van der Waals surface area contributed by atoms with Crippen molar-refractivity contribution in [2.75, 3.05) is 26.7 Å². The van der Waals surface area contributed by atoms with Crippen LogP contribution >= 0.6 is 0 Å². The fourth-order valence-electron chi connectivity index (χ4n) is 3.24. The second-order valence-corrected chi connectivity index (χ2v) is 5.70. The molecule has 2 aliphatic heterocycles. The molecule has 2 saturated heterocycles. The molecule has 0 saturated carbocycles. The number of carbonyl (C=O) groups excluding carboxylic acids is 1. The van der Waals surface area contributed by atoms with E-state index >= 15 is 0 Å². The van der Waals surface area contributed by atoms with Crippen LogP contribution in [-0.4, -0.2) is 52.4 Å². The molecular weight excluding hydrogens is 240 g/mol. The van der Waals surface area contributed by atoms with Gasteiger partial charge >= 0.3 is 0 Å². The average molecular weight is 260 g/mol. The number of fused-ring (bicyclic) bond motifs is 1. The first-order valence-corrected chi connectivity index (χ1v) is 6.89. The number of hydrogen-bond acceptors (Lipinski definition) is 4. The van der Waals surface area contributed by atoms with E-state index in [2.05, 4.69) is 14.9 Å². The number of nitrogens with zero attached hydrogens (tertiary/aromatic N) is 4. The molecule has 5 heteroatoms. The molecular formula is C14H20N4O. The number of rotatable bonds is 2. The molecule has 1 aromatic rings. The molecule has 1 aromatic heterocycles. The molecule has 0 aromatic carbocycles. The Kier molecular flexibility index (Phi) is 3.22. The smallest absolute Gasteiger partial charge is 0.227 e. The molecule has 3 rings (SSSR count). The van der Waals surface area contributed by atoms with Gasteiger partial charge in [0, 0.05) is 39.4 Å². The van der Waals surface area contributed by atoms with Gasteiger partial charge in [0.15, 0.2) is 0 Å². The predicted octanol–water partition coefficient (Wildman–Crippen LogP) is 0.695. The van der Waals surface area contributed by atoms with Crippen LogP contribution < -0.4 is 0 Å². The Morgan fingerprint density at radius 2 is 2.26 bits per heavy atom. The van der Waals surface area contributed by atoms with E-state index in [4.69, 9.17) is 0 Å². The summed E-state index contributed by atoms with van der Waals surface area (Å²) < 4.78 is 0. The third kappa shape index (κ3) is 2.47. The number of amides is 1. The van der Waals surface area contributed by atoms with Gasteiger partial charge in [-0.3, -0.25) is 9.69 Å². The van der Waals surface area contributed by atoms with Crippen molar-refractivity contribution in [3.8, 4) is 0 Å². The standard InChI is InChI=1S/C14H20N4O/c1-10-15-5-3-12(16-10)8-18-7-11-4-6-17(2)14(19)13(11)9-18/h3,5,11,13H,4,6-9H2,1-2H3/t11-,13+/m1/s1. The molecule has 2 atom stereocenters. The highest BCUT2D eigenvalue weighted by Crippen LogP contribution is 2.32. The van der Waals surface area contributed by atoms with Crippen LogP contribution in [0.5, 0.6) is 0 Å². The topological polar surface area (TPSA) is 49.3 Å². The number of likely N-dealkylation sites (tertiary alicyclic amines) is 2. The Hall–Kier alpha value is -1.49. The lowest BCUT2D eigenvalue weighted by Gasteiger charge is -2.30. The lowest BCUT2D eigenvalue weighted by Crippen LogP contribution is -2.42. The van der Waals surface area contributed by atoms with Gasteiger partial charge in [-0.05, 0) is 25.3 Å². The van der Waals surface area contributed by atoms with Crippen LogP contribution in [0, 0.1) is 18.8 Å². The maximum Gasteiger partial charge on any atom is 0.227 e. The first-order chi connectivity index (χ1) is 9.13. The van der Waals surface area contributed by atoms with Crippen molar-refractivity contribution in [1.29, 1.82) is 0 Å². The summed E-state index contributed by atoms with van der Waals surface area (Å²) in [5.74, 6) is 1.86. The Labute approximate surface area is 113 Å². The van der Waals surface area contributed by atoms with Crippen LogP contribution in [0.1, 0.15) is 17.9 Å². The molecule has 0 N–H and O–H groups in total. The first kappa shape index (κ1) is 12.5. The van der Waals surface area contributed by atoms with Crippen molar-refractivity contribution in [3.63, 3.8) is 0 Å². The normalized spacial score (nSPS) is 27.7. The van der Waals surface area contributed by atoms with E-state index in [-0.39, 0.29) is 5.92 Å². The molecule has 102 valence electrons. The summed E-state index contributed by atoms with van der Waals surface area (Å²) >= 11 is 0. The average Bonchev–Trinajstić information content (AvgIpc) is 2.77. The molecule has 5 nitrogen and oxygen atoms in total. The maximum atomic E-state index is 12.1. The highest BCUT2D eigenvalue weighted by atomic mass is 16.2. The third-order valence-electron chi connectivity index (χ3n) is 4.26. The minimum atomic E-state index is 0.196. The molecule has 0 spiro atoms. The summed E-state index contributed by atoms with van der Waals surface area (Å²) in [7, 11) is 1.91. The zero-order valence-corrected chi connectivity index (χ0v) is 11.5. The van der Waals surface area contributed by atoms with Gasteiger partial charge in [-0.15, -0.1) is 0 Å². The molecule has 19 heavy (non-hydrogen) atoms. The van der Waals surface area contributed by atoms with Crippen LogP contribution in [0.4, 0.5) is 0 Å². The van der Waals surface area contributed by atoms with Gasteiger partial charge in [-0.25, -0.2) is 9.97 Å². The minimum absolute atomic E-state index is 0.196. The van der Waals surface area contributed by atoms with E-state index in [9.17, 15) is 4.79 Å². The molecule has 2 fully saturated rings. The zero-order chi connectivity index (χ0) is 13.4. The third-order valence-corrected chi connectivity index (χ3v) is 4.26. The monoisotopic (exact) mass is 260 g/mol. The quantitative estimate of drug-likeness (QED) is 0.785. The molecule has 0 unspecified atom stereocenters. The summed E-state index contributed by atoms with van der Waals surface area (Å²) in [6, 6.07) is 1.96. The van der Waals surface area contributed by atoms with E-state index < -0.39 is 0 Å². The Balaban J connectivity index is 1.67. The Morgan fingerprint density at radius 1 is 1.42 bits per heavy atom. The van der Waals surface area contributed by atoms with Gasteiger partial charge in [0.05, 0.1) is 11.6 Å². The van der Waals surface area contributed by atoms with Gasteiger partial charge in [0.1, 0.15) is 5.82 Å². The summed E-state index contributed by atoms with van der Waals surface area (Å²) in [5.41, 5.74) is 1.05. The number of piperidine rings is 1. The van der Waals surface area contributed by atoms with Crippen molar-refractivity contribution in [1.82, 2.24) is 19.8 Å². The maximum absolute atomic E-state index is 12.1. The van der Waals surface area contributed by atoms with Crippen molar-refractivity contribution in [2.45, 2.75) is 19.9 Å². The SMILES string of the molecule is Cc1nccc(CN2C[C@H]3CCN(C)C(=O)[C@H]3C2)n1. The zero-order valence-electron chi connectivity index (χ0n) is 11.5. The van der Waals surface area contributed by atoms with Crippen LogP contribution in [0.15, 0.2) is 12.3 Å². The Morgan fingerprint density at radius 3 is 3.05 bits per heavy atom. The number of carbonyl (C=O) groups is 1. The van der Waals surface area contributed by atoms with E-state index in [1.807, 2.05) is 24.9 Å². The molecule has 0 radical (unpaired) electrons. The lowest BCUT2D eigenvalue weighted by molar-refractivity contribution is -0.137. The Bertz CT molecular complexity index is 490. The number of hydrogen-bond donors (Lipinski definition) is 0. The van der Waals surface area contributed by atoms with Crippen molar-refractivity contribution >= 4 is 5.91 Å². The molecule has 0 bridgehead atoms. The van der Waals surface area contributed by atoms with Gasteiger partial charge in [-0.1, -0.05) is 0 Å². The van der Waals surface area contributed by atoms with Crippen molar-refractivity contribution in [2.24, 2.45) is 11.8 Å². The van der Waals surface area contributed by atoms with Crippen LogP contribution in [0.2, 0.25) is 0 Å². The minimum Gasteiger partial charge on any atom is -0.345 e. The first-order valence-electron chi connectivity index (χ1n) is 6.89. The largest absolute Gasteiger partial charge is 0.345 e. The summed E-state index contributed by atoms with van der Waals surface area (Å²) in [5, 5.41) is 0. The fourth-order valence-corrected chi connectivity index (χ4v) is 3.24. The van der Waals surface area contributed by atoms with Crippen molar-refractivity contribution < 1.29 is 4.79 Å². The molecule has 3 heterocycles. The highest BCUT2D eigenvalue weighted by Gasteiger charge is 2.41. The summed E-state index contributed by atoms with van der Waals surface area (Å²) in [6.07, 6.45) is 2.94. The lowest BCUT2D eigenvalue weighted by atomic mass is 9.88. The summed E-state index contributed by atoms with van der Waals surface area (Å²) in [4.78, 5) is 24.9. The van der Waals surface area contributed by atoms with E-state index in [1.54, 1.807) is 6.20 Å². The second kappa shape index (κ2) is 4.89. The van der Waals surface area contributed by atoms with Gasteiger partial charge < -0.3 is 4.90 Å². The van der Waals surface area contributed by atoms with Gasteiger partial charge in [0.25, 0.3) is 0 Å². The van der Waals surface area contributed by atoms with Crippen LogP contribution in [0.3, 0.4) is 0 Å². The highest BCUT2D eigenvalue weighted by molar-refractivity contribution is 5.80. The van der Waals surface area contributed by atoms with Crippen LogP contribution in [0.25, 0.3) is 0 Å².